The fourth-order valence-corrected chi connectivity index (χ4v) is 17.0. The first-order valence-electron chi connectivity index (χ1n) is 15.9. The van der Waals surface area contributed by atoms with Gasteiger partial charge in [0, 0.05) is 0 Å². The minimum atomic E-state index is -2.79. The fourth-order valence-electron chi connectivity index (χ4n) is 7.04. The SMILES string of the molecule is CC1=C(C)C(C)=[C]([Zr](=[C](c2ccccc2)c2ccccc2)[CH]2c3cc(C(C)(C)C)ccc3-c3ccc(C(C)(C)C)cc32)C1. The predicted octanol–water partition coefficient (Wildman–Crippen LogP) is 11.3. The Hall–Kier alpha value is -2.89. The first-order chi connectivity index (χ1) is 20.4. The Labute approximate surface area is 267 Å². The molecular formula is C42H46Zr. The minimum absolute atomic E-state index is 0.0944. The molecule has 6 rings (SSSR count). The van der Waals surface area contributed by atoms with Crippen LogP contribution in [0.3, 0.4) is 0 Å². The average Bonchev–Trinajstić information content (AvgIpc) is 3.43. The van der Waals surface area contributed by atoms with E-state index in [1.165, 1.54) is 39.0 Å². The number of fused-ring (bicyclic) bond motifs is 3. The first kappa shape index (κ1) is 30.2. The van der Waals surface area contributed by atoms with Crippen LogP contribution in [-0.4, -0.2) is 3.21 Å². The van der Waals surface area contributed by atoms with Gasteiger partial charge in [0.25, 0.3) is 0 Å². The van der Waals surface area contributed by atoms with Crippen molar-refractivity contribution in [3.05, 3.63) is 150 Å². The third-order valence-corrected chi connectivity index (χ3v) is 18.5. The molecule has 218 valence electrons. The van der Waals surface area contributed by atoms with Crippen LogP contribution in [0.4, 0.5) is 0 Å². The van der Waals surface area contributed by atoms with Crippen molar-refractivity contribution >= 4 is 3.21 Å². The molecule has 0 spiro atoms. The fraction of sp³-hybridized carbons (Fsp3) is 0.310. The molecule has 4 aromatic carbocycles. The van der Waals surface area contributed by atoms with Crippen LogP contribution >= 0.6 is 0 Å². The van der Waals surface area contributed by atoms with Crippen molar-refractivity contribution < 1.29 is 21.3 Å². The molecule has 4 aromatic rings. The van der Waals surface area contributed by atoms with Gasteiger partial charge in [-0.3, -0.25) is 0 Å². The maximum absolute atomic E-state index is 2.79. The third kappa shape index (κ3) is 5.48. The van der Waals surface area contributed by atoms with Crippen molar-refractivity contribution in [3.63, 3.8) is 0 Å². The van der Waals surface area contributed by atoms with Gasteiger partial charge in [0.15, 0.2) is 0 Å². The summed E-state index contributed by atoms with van der Waals surface area (Å²) >= 11 is -2.79. The zero-order valence-corrected chi connectivity index (χ0v) is 30.0. The summed E-state index contributed by atoms with van der Waals surface area (Å²) in [6.07, 6.45) is 1.12. The molecule has 0 aliphatic heterocycles. The molecule has 0 N–H and O–H groups in total. The van der Waals surface area contributed by atoms with Crippen LogP contribution in [0.25, 0.3) is 11.1 Å². The molecule has 0 atom stereocenters. The molecular weight excluding hydrogens is 596 g/mol. The molecule has 0 bridgehead atoms. The van der Waals surface area contributed by atoms with Gasteiger partial charge in [0.1, 0.15) is 0 Å². The van der Waals surface area contributed by atoms with Crippen molar-refractivity contribution in [1.29, 1.82) is 0 Å². The standard InChI is InChI=1S/C21H25.C13H10.C8H11.Zr/c1-20(2,3)16-7-9-18-14(12-16)11-15-13-17(21(4,5)6)8-10-19(15)18;1-3-7-12(8-4-1)11-13-9-5-2-6-10-13;1-6-4-5-7(2)8(6)3;/h7-13H,1-6H3;1-10H;4H2,1-3H3;. The Morgan fingerprint density at radius 2 is 1.02 bits per heavy atom. The van der Waals surface area contributed by atoms with Crippen molar-refractivity contribution in [2.75, 3.05) is 0 Å². The second kappa shape index (κ2) is 11.2. The van der Waals surface area contributed by atoms with Gasteiger partial charge in [-0.15, -0.1) is 0 Å². The molecule has 1 heteroatoms. The van der Waals surface area contributed by atoms with E-state index in [4.69, 9.17) is 0 Å². The van der Waals surface area contributed by atoms with E-state index in [2.05, 4.69) is 159 Å². The summed E-state index contributed by atoms with van der Waals surface area (Å²) in [6.45, 7) is 21.3. The van der Waals surface area contributed by atoms with Crippen LogP contribution < -0.4 is 0 Å². The zero-order valence-electron chi connectivity index (χ0n) is 27.5. The molecule has 0 radical (unpaired) electrons. The normalized spacial score (nSPS) is 15.2. The Morgan fingerprint density at radius 3 is 1.40 bits per heavy atom. The molecule has 0 aromatic heterocycles. The second-order valence-electron chi connectivity index (χ2n) is 14.7. The Morgan fingerprint density at radius 1 is 0.581 bits per heavy atom. The van der Waals surface area contributed by atoms with Gasteiger partial charge in [-0.25, -0.2) is 0 Å². The second-order valence-corrected chi connectivity index (χ2v) is 20.9. The summed E-state index contributed by atoms with van der Waals surface area (Å²) in [6, 6.07) is 37.6. The van der Waals surface area contributed by atoms with E-state index in [1.54, 1.807) is 28.8 Å². The van der Waals surface area contributed by atoms with E-state index >= 15 is 0 Å². The molecule has 0 nitrogen and oxygen atoms in total. The third-order valence-electron chi connectivity index (χ3n) is 9.85. The number of rotatable bonds is 4. The molecule has 2 aliphatic rings. The monoisotopic (exact) mass is 640 g/mol. The molecule has 0 saturated heterocycles. The first-order valence-corrected chi connectivity index (χ1v) is 19.7. The van der Waals surface area contributed by atoms with E-state index in [-0.39, 0.29) is 10.8 Å². The predicted molar refractivity (Wildman–Crippen MR) is 183 cm³/mol. The van der Waals surface area contributed by atoms with Gasteiger partial charge in [-0.2, -0.15) is 0 Å². The van der Waals surface area contributed by atoms with Crippen molar-refractivity contribution in [2.45, 2.75) is 83.2 Å². The van der Waals surface area contributed by atoms with E-state index < -0.39 is 21.3 Å². The topological polar surface area (TPSA) is 0 Å². The van der Waals surface area contributed by atoms with E-state index in [0.29, 0.717) is 3.63 Å². The Balaban J connectivity index is 1.78. The van der Waals surface area contributed by atoms with E-state index in [0.717, 1.165) is 6.42 Å². The number of hydrogen-bond donors (Lipinski definition) is 0. The molecule has 0 amide bonds. The van der Waals surface area contributed by atoms with Gasteiger partial charge >= 0.3 is 269 Å². The molecule has 0 heterocycles. The molecule has 0 fully saturated rings. The average molecular weight is 642 g/mol. The molecule has 0 unspecified atom stereocenters. The van der Waals surface area contributed by atoms with Gasteiger partial charge in [-0.05, 0) is 0 Å². The van der Waals surface area contributed by atoms with Crippen molar-refractivity contribution in [2.24, 2.45) is 0 Å². The number of allylic oxidation sites excluding steroid dienone is 4. The number of hydrogen-bond acceptors (Lipinski definition) is 0. The van der Waals surface area contributed by atoms with E-state index in [9.17, 15) is 0 Å². The summed E-state index contributed by atoms with van der Waals surface area (Å²) in [5.74, 6) is 0. The van der Waals surface area contributed by atoms with Gasteiger partial charge in [-0.1, -0.05) is 0 Å². The van der Waals surface area contributed by atoms with Crippen molar-refractivity contribution in [1.82, 2.24) is 0 Å². The van der Waals surface area contributed by atoms with Gasteiger partial charge in [0.2, 0.25) is 0 Å². The van der Waals surface area contributed by atoms with E-state index in [1.807, 2.05) is 0 Å². The van der Waals surface area contributed by atoms with Crippen LogP contribution in [0.2, 0.25) is 0 Å². The zero-order chi connectivity index (χ0) is 30.7. The van der Waals surface area contributed by atoms with Crippen LogP contribution in [0.1, 0.15) is 106 Å². The van der Waals surface area contributed by atoms with Gasteiger partial charge < -0.3 is 0 Å². The summed E-state index contributed by atoms with van der Waals surface area (Å²) in [4.78, 5) is 0. The van der Waals surface area contributed by atoms with Gasteiger partial charge in [0.05, 0.1) is 0 Å². The summed E-state index contributed by atoms with van der Waals surface area (Å²) in [5, 5.41) is 0. The molecule has 43 heavy (non-hydrogen) atoms. The maximum atomic E-state index is 2.60. The van der Waals surface area contributed by atoms with Crippen molar-refractivity contribution in [3.8, 4) is 11.1 Å². The van der Waals surface area contributed by atoms with Crippen LogP contribution in [0, 0.1) is 0 Å². The number of benzene rings is 4. The molecule has 0 saturated carbocycles. The quantitative estimate of drug-likeness (QED) is 0.208. The van der Waals surface area contributed by atoms with Crippen LogP contribution in [0.5, 0.6) is 0 Å². The Bertz CT molecular complexity index is 1690. The summed E-state index contributed by atoms with van der Waals surface area (Å²) in [5.41, 5.74) is 16.5. The Kier molecular flexibility index (Phi) is 7.88. The summed E-state index contributed by atoms with van der Waals surface area (Å²) in [7, 11) is 0. The van der Waals surface area contributed by atoms with Crippen LogP contribution in [-0.2, 0) is 32.1 Å². The molecule has 2 aliphatic carbocycles. The summed E-state index contributed by atoms with van der Waals surface area (Å²) < 4.78 is 3.81. The van der Waals surface area contributed by atoms with Crippen LogP contribution in [0.15, 0.2) is 117 Å².